The molecule has 0 radical (unpaired) electrons. The number of hydrogen-bond donors (Lipinski definition) is 0. The quantitative estimate of drug-likeness (QED) is 0.829. The summed E-state index contributed by atoms with van der Waals surface area (Å²) in [6.45, 7) is 4.18. The highest BCUT2D eigenvalue weighted by Crippen LogP contribution is 2.26. The van der Waals surface area contributed by atoms with Gasteiger partial charge in [0.2, 0.25) is 5.91 Å². The Balaban J connectivity index is 1.47. The molecule has 1 atom stereocenters. The third-order valence-corrected chi connectivity index (χ3v) is 5.71. The number of rotatable bonds is 2. The van der Waals surface area contributed by atoms with Gasteiger partial charge in [-0.1, -0.05) is 0 Å². The Morgan fingerprint density at radius 1 is 0.958 bits per heavy atom. The summed E-state index contributed by atoms with van der Waals surface area (Å²) in [5.74, 6) is 0.409. The predicted molar refractivity (Wildman–Crippen MR) is 89.6 cm³/mol. The second-order valence-electron chi connectivity index (χ2n) is 7.31. The fourth-order valence-corrected chi connectivity index (χ4v) is 4.29. The normalized spacial score (nSPS) is 24.1. The minimum atomic E-state index is 0.0442. The van der Waals surface area contributed by atoms with E-state index in [9.17, 15) is 9.59 Å². The van der Waals surface area contributed by atoms with E-state index in [4.69, 9.17) is 0 Å². The van der Waals surface area contributed by atoms with Crippen molar-refractivity contribution in [2.75, 3.05) is 26.2 Å². The lowest BCUT2D eigenvalue weighted by Crippen LogP contribution is -2.39. The van der Waals surface area contributed by atoms with Gasteiger partial charge in [-0.05, 0) is 44.9 Å². The third kappa shape index (κ3) is 2.82. The molecule has 1 unspecified atom stereocenters. The fraction of sp³-hybridized carbons (Fsp3) is 0.722. The Labute approximate surface area is 142 Å². The number of likely N-dealkylation sites (tertiary alicyclic amines) is 2. The molecule has 1 aromatic rings. The van der Waals surface area contributed by atoms with Crippen molar-refractivity contribution in [1.82, 2.24) is 19.4 Å². The van der Waals surface area contributed by atoms with E-state index in [1.807, 2.05) is 14.4 Å². The molecule has 4 rings (SSSR count). The highest BCUT2D eigenvalue weighted by atomic mass is 16.2. The summed E-state index contributed by atoms with van der Waals surface area (Å²) in [6, 6.07) is 0. The molecule has 6 heteroatoms. The maximum absolute atomic E-state index is 12.7. The molecule has 0 N–H and O–H groups in total. The van der Waals surface area contributed by atoms with E-state index in [1.165, 1.54) is 6.42 Å². The van der Waals surface area contributed by atoms with Gasteiger partial charge in [0.25, 0.3) is 5.91 Å². The van der Waals surface area contributed by atoms with Gasteiger partial charge in [-0.2, -0.15) is 0 Å². The molecule has 0 aliphatic carbocycles. The molecule has 2 fully saturated rings. The first-order valence-electron chi connectivity index (χ1n) is 9.36. The summed E-state index contributed by atoms with van der Waals surface area (Å²) in [5.41, 5.74) is 1.64. The van der Waals surface area contributed by atoms with Gasteiger partial charge in [-0.15, -0.1) is 0 Å². The zero-order valence-electron chi connectivity index (χ0n) is 14.2. The molecular formula is C18H26N4O2. The van der Waals surface area contributed by atoms with Crippen LogP contribution in [-0.2, 0) is 17.8 Å². The molecule has 4 heterocycles. The van der Waals surface area contributed by atoms with Crippen LogP contribution in [0.1, 0.15) is 54.7 Å². The first kappa shape index (κ1) is 15.7. The van der Waals surface area contributed by atoms with E-state index in [2.05, 4.69) is 4.98 Å². The molecule has 3 aliphatic rings. The third-order valence-electron chi connectivity index (χ3n) is 5.71. The van der Waals surface area contributed by atoms with Gasteiger partial charge < -0.3 is 14.4 Å². The molecule has 3 aliphatic heterocycles. The van der Waals surface area contributed by atoms with Crippen molar-refractivity contribution in [2.24, 2.45) is 5.92 Å². The standard InChI is InChI=1S/C18H26N4O2/c23-17(20-10-4-5-11-20)14-6-7-15-16(19-13-22(15)12-14)18(24)21-8-2-1-3-9-21/h13-14H,1-12H2. The van der Waals surface area contributed by atoms with Crippen LogP contribution < -0.4 is 0 Å². The SMILES string of the molecule is O=C(c1ncn2c1CCC(C(=O)N1CCCC1)C2)N1CCCCC1. The number of fused-ring (bicyclic) bond motifs is 1. The minimum absolute atomic E-state index is 0.0442. The van der Waals surface area contributed by atoms with Crippen LogP contribution in [0.2, 0.25) is 0 Å². The van der Waals surface area contributed by atoms with Gasteiger partial charge in [0, 0.05) is 32.7 Å². The maximum Gasteiger partial charge on any atom is 0.274 e. The first-order valence-corrected chi connectivity index (χ1v) is 9.36. The molecule has 1 aromatic heterocycles. The number of aromatic nitrogens is 2. The van der Waals surface area contributed by atoms with Crippen molar-refractivity contribution in [3.05, 3.63) is 17.7 Å². The number of nitrogens with zero attached hydrogens (tertiary/aromatic N) is 4. The second-order valence-corrected chi connectivity index (χ2v) is 7.31. The molecule has 2 amide bonds. The smallest absolute Gasteiger partial charge is 0.274 e. The van der Waals surface area contributed by atoms with Crippen molar-refractivity contribution in [3.8, 4) is 0 Å². The number of piperidine rings is 1. The van der Waals surface area contributed by atoms with Gasteiger partial charge >= 0.3 is 0 Å². The molecule has 2 saturated heterocycles. The Hall–Kier alpha value is -1.85. The van der Waals surface area contributed by atoms with Crippen molar-refractivity contribution in [3.63, 3.8) is 0 Å². The Morgan fingerprint density at radius 2 is 1.62 bits per heavy atom. The average molecular weight is 330 g/mol. The molecule has 130 valence electrons. The second kappa shape index (κ2) is 6.57. The van der Waals surface area contributed by atoms with E-state index in [0.29, 0.717) is 12.2 Å². The van der Waals surface area contributed by atoms with E-state index >= 15 is 0 Å². The van der Waals surface area contributed by atoms with Crippen LogP contribution in [-0.4, -0.2) is 57.3 Å². The van der Waals surface area contributed by atoms with Crippen molar-refractivity contribution in [1.29, 1.82) is 0 Å². The van der Waals surface area contributed by atoms with Crippen LogP contribution in [0.15, 0.2) is 6.33 Å². The maximum atomic E-state index is 12.7. The van der Waals surface area contributed by atoms with Crippen molar-refractivity contribution in [2.45, 2.75) is 51.5 Å². The molecule has 0 aromatic carbocycles. The number of carbonyl (C=O) groups is 2. The number of amides is 2. The first-order chi connectivity index (χ1) is 11.7. The van der Waals surface area contributed by atoms with Gasteiger partial charge in [0.05, 0.1) is 17.9 Å². The van der Waals surface area contributed by atoms with E-state index in [1.54, 1.807) is 6.33 Å². The zero-order chi connectivity index (χ0) is 16.5. The summed E-state index contributed by atoms with van der Waals surface area (Å²) in [7, 11) is 0. The lowest BCUT2D eigenvalue weighted by atomic mass is 9.95. The summed E-state index contributed by atoms with van der Waals surface area (Å²) < 4.78 is 2.04. The van der Waals surface area contributed by atoms with Crippen molar-refractivity contribution >= 4 is 11.8 Å². The average Bonchev–Trinajstić information content (AvgIpc) is 3.30. The summed E-state index contributed by atoms with van der Waals surface area (Å²) >= 11 is 0. The van der Waals surface area contributed by atoms with Gasteiger partial charge in [-0.25, -0.2) is 4.98 Å². The largest absolute Gasteiger partial charge is 0.342 e. The monoisotopic (exact) mass is 330 g/mol. The molecule has 0 bridgehead atoms. The van der Waals surface area contributed by atoms with Gasteiger partial charge in [0.15, 0.2) is 0 Å². The molecular weight excluding hydrogens is 304 g/mol. The molecule has 24 heavy (non-hydrogen) atoms. The fourth-order valence-electron chi connectivity index (χ4n) is 4.29. The lowest BCUT2D eigenvalue weighted by Gasteiger charge is -2.29. The molecule has 0 spiro atoms. The summed E-state index contributed by atoms with van der Waals surface area (Å²) in [4.78, 5) is 33.7. The van der Waals surface area contributed by atoms with Crippen LogP contribution in [0.3, 0.4) is 0 Å². The summed E-state index contributed by atoms with van der Waals surface area (Å²) in [5, 5.41) is 0. The lowest BCUT2D eigenvalue weighted by molar-refractivity contribution is -0.135. The highest BCUT2D eigenvalue weighted by Gasteiger charge is 2.33. The van der Waals surface area contributed by atoms with E-state index in [-0.39, 0.29) is 17.7 Å². The Bertz CT molecular complexity index is 627. The highest BCUT2D eigenvalue weighted by molar-refractivity contribution is 5.93. The number of imidazole rings is 1. The van der Waals surface area contributed by atoms with E-state index < -0.39 is 0 Å². The Morgan fingerprint density at radius 3 is 2.38 bits per heavy atom. The molecule has 6 nitrogen and oxygen atoms in total. The number of carbonyl (C=O) groups excluding carboxylic acids is 2. The van der Waals surface area contributed by atoms with Crippen LogP contribution in [0.5, 0.6) is 0 Å². The van der Waals surface area contributed by atoms with Crippen LogP contribution >= 0.6 is 0 Å². The van der Waals surface area contributed by atoms with Crippen LogP contribution in [0, 0.1) is 5.92 Å². The topological polar surface area (TPSA) is 58.4 Å². The van der Waals surface area contributed by atoms with E-state index in [0.717, 1.165) is 70.4 Å². The minimum Gasteiger partial charge on any atom is -0.342 e. The predicted octanol–water partition coefficient (Wildman–Crippen LogP) is 1.69. The van der Waals surface area contributed by atoms with Gasteiger partial charge in [0.1, 0.15) is 5.69 Å². The van der Waals surface area contributed by atoms with Crippen molar-refractivity contribution < 1.29 is 9.59 Å². The van der Waals surface area contributed by atoms with Gasteiger partial charge in [-0.3, -0.25) is 9.59 Å². The Kier molecular flexibility index (Phi) is 4.29. The molecule has 0 saturated carbocycles. The van der Waals surface area contributed by atoms with Crippen LogP contribution in [0.4, 0.5) is 0 Å². The summed E-state index contributed by atoms with van der Waals surface area (Å²) in [6.07, 6.45) is 9.02. The zero-order valence-corrected chi connectivity index (χ0v) is 14.2. The number of hydrogen-bond acceptors (Lipinski definition) is 3. The van der Waals surface area contributed by atoms with Crippen LogP contribution in [0.25, 0.3) is 0 Å².